The van der Waals surface area contributed by atoms with Gasteiger partial charge in [0.25, 0.3) is 0 Å². The Morgan fingerprint density at radius 2 is 1.87 bits per heavy atom. The van der Waals surface area contributed by atoms with Gasteiger partial charge >= 0.3 is 12.3 Å². The Kier molecular flexibility index (Phi) is 5.63. The van der Waals surface area contributed by atoms with Crippen LogP contribution < -0.4 is 10.6 Å². The fourth-order valence-corrected chi connectivity index (χ4v) is 2.10. The van der Waals surface area contributed by atoms with Crippen molar-refractivity contribution >= 4 is 12.0 Å². The second-order valence-corrected chi connectivity index (χ2v) is 5.92. The summed E-state index contributed by atoms with van der Waals surface area (Å²) < 4.78 is 38.1. The molecule has 0 aliphatic heterocycles. The van der Waals surface area contributed by atoms with Gasteiger partial charge in [0.1, 0.15) is 6.04 Å². The zero-order valence-electron chi connectivity index (χ0n) is 13.0. The van der Waals surface area contributed by atoms with E-state index in [0.717, 1.165) is 12.1 Å². The molecule has 0 saturated carbocycles. The van der Waals surface area contributed by atoms with Gasteiger partial charge in [-0.1, -0.05) is 18.2 Å². The highest BCUT2D eigenvalue weighted by molar-refractivity contribution is 5.85. The number of carbonyl (C=O) groups is 2. The molecule has 2 amide bonds. The Morgan fingerprint density at radius 1 is 1.26 bits per heavy atom. The summed E-state index contributed by atoms with van der Waals surface area (Å²) in [7, 11) is 0. The number of carbonyl (C=O) groups excluding carboxylic acids is 1. The van der Waals surface area contributed by atoms with E-state index in [9.17, 15) is 22.8 Å². The van der Waals surface area contributed by atoms with Crippen molar-refractivity contribution in [3.05, 3.63) is 35.4 Å². The van der Waals surface area contributed by atoms with Crippen LogP contribution in [0.5, 0.6) is 0 Å². The van der Waals surface area contributed by atoms with Crippen LogP contribution in [-0.2, 0) is 17.4 Å². The zero-order valence-corrected chi connectivity index (χ0v) is 13.0. The van der Waals surface area contributed by atoms with Crippen molar-refractivity contribution in [3.8, 4) is 0 Å². The maximum absolute atomic E-state index is 12.7. The molecule has 0 radical (unpaired) electrons. The first kappa shape index (κ1) is 18.8. The fourth-order valence-electron chi connectivity index (χ4n) is 2.10. The smallest absolute Gasteiger partial charge is 0.416 e. The number of rotatable bonds is 5. The first-order chi connectivity index (χ1) is 10.4. The third-order valence-electron chi connectivity index (χ3n) is 3.10. The van der Waals surface area contributed by atoms with Gasteiger partial charge in [-0.2, -0.15) is 13.2 Å². The van der Waals surface area contributed by atoms with Crippen LogP contribution in [0.15, 0.2) is 24.3 Å². The molecule has 0 aliphatic carbocycles. The van der Waals surface area contributed by atoms with Crippen molar-refractivity contribution in [1.29, 1.82) is 0 Å². The van der Waals surface area contributed by atoms with E-state index in [0.29, 0.717) is 5.56 Å². The fraction of sp³-hybridized carbons (Fsp3) is 0.467. The van der Waals surface area contributed by atoms with Crippen molar-refractivity contribution in [2.75, 3.05) is 0 Å². The number of amides is 2. The van der Waals surface area contributed by atoms with Crippen LogP contribution in [0.25, 0.3) is 0 Å². The van der Waals surface area contributed by atoms with Gasteiger partial charge in [0.2, 0.25) is 5.91 Å². The number of hydrogen-bond acceptors (Lipinski definition) is 2. The molecule has 1 aromatic carbocycles. The van der Waals surface area contributed by atoms with Gasteiger partial charge in [0.15, 0.2) is 0 Å². The van der Waals surface area contributed by atoms with E-state index in [1.807, 2.05) is 5.32 Å². The van der Waals surface area contributed by atoms with Crippen LogP contribution in [0.2, 0.25) is 0 Å². The first-order valence-corrected chi connectivity index (χ1v) is 6.88. The van der Waals surface area contributed by atoms with E-state index in [1.165, 1.54) is 13.0 Å². The van der Waals surface area contributed by atoms with E-state index in [-0.39, 0.29) is 6.42 Å². The zero-order chi connectivity index (χ0) is 17.8. The summed E-state index contributed by atoms with van der Waals surface area (Å²) in [6.07, 6.45) is -5.59. The van der Waals surface area contributed by atoms with E-state index in [4.69, 9.17) is 5.11 Å². The molecular weight excluding hydrogens is 313 g/mol. The number of halogens is 3. The van der Waals surface area contributed by atoms with Gasteiger partial charge in [0, 0.05) is 5.54 Å². The Hall–Kier alpha value is -2.25. The summed E-state index contributed by atoms with van der Waals surface area (Å²) in [4.78, 5) is 22.4. The normalized spacial score (nSPS) is 13.3. The summed E-state index contributed by atoms with van der Waals surface area (Å²) >= 11 is 0. The SMILES string of the molecule is C[C@H](NC(=O)O)C(=O)NC(C)(C)Cc1cccc(C(F)(F)F)c1. The third kappa shape index (κ3) is 6.17. The standard InChI is InChI=1S/C15H19F3N2O3/c1-9(19-13(22)23)12(21)20-14(2,3)8-10-5-4-6-11(7-10)15(16,17)18/h4-7,9,19H,8H2,1-3H3,(H,20,21)(H,22,23)/t9-/m0/s1. The van der Waals surface area contributed by atoms with Gasteiger partial charge in [-0.15, -0.1) is 0 Å². The lowest BCUT2D eigenvalue weighted by Gasteiger charge is -2.28. The van der Waals surface area contributed by atoms with Crippen LogP contribution in [0, 0.1) is 0 Å². The average molecular weight is 332 g/mol. The molecule has 0 saturated heterocycles. The molecule has 0 bridgehead atoms. The van der Waals surface area contributed by atoms with Crippen LogP contribution >= 0.6 is 0 Å². The third-order valence-corrected chi connectivity index (χ3v) is 3.10. The van der Waals surface area contributed by atoms with E-state index >= 15 is 0 Å². The van der Waals surface area contributed by atoms with Crippen LogP contribution in [0.4, 0.5) is 18.0 Å². The van der Waals surface area contributed by atoms with Crippen LogP contribution in [0.3, 0.4) is 0 Å². The molecule has 5 nitrogen and oxygen atoms in total. The van der Waals surface area contributed by atoms with E-state index in [1.54, 1.807) is 19.9 Å². The van der Waals surface area contributed by atoms with Crippen LogP contribution in [0.1, 0.15) is 31.9 Å². The van der Waals surface area contributed by atoms with Crippen molar-refractivity contribution in [1.82, 2.24) is 10.6 Å². The molecule has 3 N–H and O–H groups in total. The second kappa shape index (κ2) is 6.89. The Labute approximate surface area is 131 Å². The summed E-state index contributed by atoms with van der Waals surface area (Å²) in [5, 5.41) is 13.2. The molecule has 8 heteroatoms. The monoisotopic (exact) mass is 332 g/mol. The van der Waals surface area contributed by atoms with Crippen molar-refractivity contribution < 1.29 is 27.9 Å². The van der Waals surface area contributed by atoms with Crippen LogP contribution in [-0.4, -0.2) is 28.7 Å². The number of hydrogen-bond donors (Lipinski definition) is 3. The average Bonchev–Trinajstić information content (AvgIpc) is 2.35. The molecule has 0 fully saturated rings. The highest BCUT2D eigenvalue weighted by Gasteiger charge is 2.31. The lowest BCUT2D eigenvalue weighted by Crippen LogP contribution is -2.52. The molecule has 0 heterocycles. The highest BCUT2D eigenvalue weighted by atomic mass is 19.4. The molecule has 1 rings (SSSR count). The lowest BCUT2D eigenvalue weighted by atomic mass is 9.93. The lowest BCUT2D eigenvalue weighted by molar-refractivity contribution is -0.137. The number of benzene rings is 1. The number of carboxylic acid groups (broad SMARTS) is 1. The largest absolute Gasteiger partial charge is 0.465 e. The molecular formula is C15H19F3N2O3. The maximum atomic E-state index is 12.7. The van der Waals surface area contributed by atoms with Gasteiger partial charge in [-0.05, 0) is 38.8 Å². The van der Waals surface area contributed by atoms with Crippen molar-refractivity contribution in [2.45, 2.75) is 44.9 Å². The predicted octanol–water partition coefficient (Wildman–Crippen LogP) is 2.80. The molecule has 0 aromatic heterocycles. The maximum Gasteiger partial charge on any atom is 0.416 e. The summed E-state index contributed by atoms with van der Waals surface area (Å²) in [5.41, 5.74) is -1.17. The van der Waals surface area contributed by atoms with Gasteiger partial charge in [-0.25, -0.2) is 4.79 Å². The minimum absolute atomic E-state index is 0.169. The summed E-state index contributed by atoms with van der Waals surface area (Å²) in [5.74, 6) is -0.552. The molecule has 0 aliphatic rings. The minimum Gasteiger partial charge on any atom is -0.465 e. The van der Waals surface area contributed by atoms with Gasteiger partial charge < -0.3 is 15.7 Å². The Bertz CT molecular complexity index is 586. The molecule has 0 unspecified atom stereocenters. The Morgan fingerprint density at radius 3 is 2.39 bits per heavy atom. The topological polar surface area (TPSA) is 78.4 Å². The highest BCUT2D eigenvalue weighted by Crippen LogP contribution is 2.30. The predicted molar refractivity (Wildman–Crippen MR) is 78.0 cm³/mol. The molecule has 23 heavy (non-hydrogen) atoms. The minimum atomic E-state index is -4.43. The summed E-state index contributed by atoms with van der Waals surface area (Å²) in [6.45, 7) is 4.68. The van der Waals surface area contributed by atoms with Gasteiger partial charge in [-0.3, -0.25) is 4.79 Å². The molecule has 1 aromatic rings. The second-order valence-electron chi connectivity index (χ2n) is 5.92. The quantitative estimate of drug-likeness (QED) is 0.776. The number of alkyl halides is 3. The summed E-state index contributed by atoms with van der Waals surface area (Å²) in [6, 6.07) is 3.90. The number of nitrogens with one attached hydrogen (secondary N) is 2. The van der Waals surface area contributed by atoms with E-state index in [2.05, 4.69) is 5.32 Å². The first-order valence-electron chi connectivity index (χ1n) is 6.88. The van der Waals surface area contributed by atoms with E-state index < -0.39 is 35.3 Å². The van der Waals surface area contributed by atoms with Gasteiger partial charge in [0.05, 0.1) is 5.56 Å². The molecule has 1 atom stereocenters. The van der Waals surface area contributed by atoms with Crippen molar-refractivity contribution in [2.24, 2.45) is 0 Å². The molecule has 0 spiro atoms. The Balaban J connectivity index is 2.79. The van der Waals surface area contributed by atoms with Crippen molar-refractivity contribution in [3.63, 3.8) is 0 Å². The molecule has 128 valence electrons.